The van der Waals surface area contributed by atoms with Crippen LogP contribution in [0, 0.1) is 5.41 Å². The lowest BCUT2D eigenvalue weighted by Gasteiger charge is -2.20. The molecular weight excluding hydrogens is 534 g/mol. The Labute approximate surface area is 242 Å². The van der Waals surface area contributed by atoms with Crippen molar-refractivity contribution in [1.29, 1.82) is 5.41 Å². The van der Waals surface area contributed by atoms with Crippen molar-refractivity contribution in [2.24, 2.45) is 10.7 Å². The monoisotopic (exact) mass is 567 g/mol. The van der Waals surface area contributed by atoms with Crippen molar-refractivity contribution >= 4 is 28.4 Å². The van der Waals surface area contributed by atoms with Gasteiger partial charge >= 0.3 is 0 Å². The van der Waals surface area contributed by atoms with Crippen LogP contribution in [0.15, 0.2) is 89.9 Å². The molecule has 1 aliphatic heterocycles. The first-order valence-corrected chi connectivity index (χ1v) is 13.5. The second-order valence-electron chi connectivity index (χ2n) is 9.43. The number of fused-ring (bicyclic) bond motifs is 2. The van der Waals surface area contributed by atoms with E-state index in [2.05, 4.69) is 15.2 Å². The second-order valence-corrected chi connectivity index (χ2v) is 9.43. The van der Waals surface area contributed by atoms with Gasteiger partial charge in [-0.3, -0.25) is 10.4 Å². The van der Waals surface area contributed by atoms with Gasteiger partial charge in [0.25, 0.3) is 0 Å². The van der Waals surface area contributed by atoms with Gasteiger partial charge in [-0.2, -0.15) is 0 Å². The van der Waals surface area contributed by atoms with E-state index in [0.717, 1.165) is 44.8 Å². The highest BCUT2D eigenvalue weighted by Gasteiger charge is 2.16. The summed E-state index contributed by atoms with van der Waals surface area (Å²) in [6, 6.07) is 25.8. The third-order valence-corrected chi connectivity index (χ3v) is 6.40. The molecule has 11 nitrogen and oxygen atoms in total. The molecule has 0 saturated heterocycles. The van der Waals surface area contributed by atoms with Crippen LogP contribution in [0.1, 0.15) is 0 Å². The van der Waals surface area contributed by atoms with Crippen molar-refractivity contribution in [3.63, 3.8) is 0 Å². The maximum absolute atomic E-state index is 9.91. The Balaban J connectivity index is 1.46. The van der Waals surface area contributed by atoms with E-state index in [1.807, 2.05) is 48.5 Å². The lowest BCUT2D eigenvalue weighted by Crippen LogP contribution is -2.33. The zero-order valence-corrected chi connectivity index (χ0v) is 23.0. The van der Waals surface area contributed by atoms with Gasteiger partial charge < -0.3 is 40.6 Å². The zero-order chi connectivity index (χ0) is 29.3. The topological polar surface area (TPSA) is 163 Å². The first-order valence-electron chi connectivity index (χ1n) is 13.5. The van der Waals surface area contributed by atoms with Crippen LogP contribution in [-0.4, -0.2) is 65.2 Å². The SMILES string of the molecule is N=C(N)NCCOCCOCC/N=c1\cc2n(-c3ccc(O)cc3)c3ccccc3nc-2cc1Nc1ccc(O)cc1. The minimum absolute atomic E-state index is 0.0815. The van der Waals surface area contributed by atoms with E-state index in [1.165, 1.54) is 0 Å². The first-order chi connectivity index (χ1) is 20.5. The number of aromatic nitrogens is 2. The molecule has 0 unspecified atom stereocenters. The van der Waals surface area contributed by atoms with E-state index in [-0.39, 0.29) is 17.5 Å². The number of phenols is 2. The number of nitrogens with two attached hydrogens (primary N) is 1. The predicted octanol–water partition coefficient (Wildman–Crippen LogP) is 3.70. The second kappa shape index (κ2) is 13.5. The molecule has 0 atom stereocenters. The van der Waals surface area contributed by atoms with Gasteiger partial charge in [-0.05, 0) is 72.8 Å². The van der Waals surface area contributed by atoms with E-state index < -0.39 is 0 Å². The maximum atomic E-state index is 9.91. The van der Waals surface area contributed by atoms with Crippen molar-refractivity contribution < 1.29 is 19.7 Å². The average Bonchev–Trinajstić information content (AvgIpc) is 2.98. The van der Waals surface area contributed by atoms with E-state index in [0.29, 0.717) is 39.5 Å². The Hall–Kier alpha value is -5.13. The fraction of sp³-hybridized carbons (Fsp3) is 0.194. The number of rotatable bonds is 12. The fourth-order valence-corrected chi connectivity index (χ4v) is 4.46. The number of nitrogens with zero attached hydrogens (tertiary/aromatic N) is 3. The number of nitrogens with one attached hydrogen (secondary N) is 3. The zero-order valence-electron chi connectivity index (χ0n) is 23.0. The van der Waals surface area contributed by atoms with Crippen LogP contribution in [0.4, 0.5) is 11.4 Å². The number of hydrogen-bond donors (Lipinski definition) is 6. The van der Waals surface area contributed by atoms with E-state index >= 15 is 0 Å². The van der Waals surface area contributed by atoms with Crippen LogP contribution in [0.25, 0.3) is 28.1 Å². The fourth-order valence-electron chi connectivity index (χ4n) is 4.46. The van der Waals surface area contributed by atoms with E-state index in [4.69, 9.17) is 30.6 Å². The minimum Gasteiger partial charge on any atom is -0.508 e. The molecule has 2 aliphatic rings. The van der Waals surface area contributed by atoms with Gasteiger partial charge in [0.05, 0.1) is 66.4 Å². The van der Waals surface area contributed by atoms with Crippen molar-refractivity contribution in [3.05, 3.63) is 90.3 Å². The number of aromatic hydroxyl groups is 2. The predicted molar refractivity (Wildman–Crippen MR) is 163 cm³/mol. The highest BCUT2D eigenvalue weighted by Crippen LogP contribution is 2.31. The molecule has 11 heteroatoms. The molecule has 0 saturated carbocycles. The molecule has 0 amide bonds. The summed E-state index contributed by atoms with van der Waals surface area (Å²) in [6.45, 7) is 2.57. The van der Waals surface area contributed by atoms with E-state index in [1.54, 1.807) is 36.4 Å². The molecule has 0 aromatic heterocycles. The molecular formula is C31H33N7O4. The molecule has 7 N–H and O–H groups in total. The number of anilines is 2. The van der Waals surface area contributed by atoms with Crippen molar-refractivity contribution in [2.75, 3.05) is 44.8 Å². The van der Waals surface area contributed by atoms with E-state index in [9.17, 15) is 10.2 Å². The molecule has 1 aliphatic carbocycles. The number of hydrogen-bond acceptors (Lipinski definition) is 8. The smallest absolute Gasteiger partial charge is 0.185 e. The average molecular weight is 568 g/mol. The Kier molecular flexibility index (Phi) is 9.12. The summed E-state index contributed by atoms with van der Waals surface area (Å²) in [7, 11) is 0. The van der Waals surface area contributed by atoms with Gasteiger partial charge in [-0.1, -0.05) is 12.1 Å². The molecule has 1 heterocycles. The van der Waals surface area contributed by atoms with Gasteiger partial charge in [0, 0.05) is 17.9 Å². The van der Waals surface area contributed by atoms with Gasteiger partial charge in [0.1, 0.15) is 11.5 Å². The molecule has 3 aromatic carbocycles. The maximum Gasteiger partial charge on any atom is 0.185 e. The third-order valence-electron chi connectivity index (χ3n) is 6.40. The summed E-state index contributed by atoms with van der Waals surface area (Å²) in [5, 5.41) is 33.6. The van der Waals surface area contributed by atoms with Crippen LogP contribution in [0.5, 0.6) is 11.5 Å². The largest absolute Gasteiger partial charge is 0.508 e. The van der Waals surface area contributed by atoms with Crippen LogP contribution in [-0.2, 0) is 9.47 Å². The molecule has 3 aromatic rings. The van der Waals surface area contributed by atoms with Gasteiger partial charge in [0.15, 0.2) is 5.96 Å². The Morgan fingerprint density at radius 3 is 2.31 bits per heavy atom. The third kappa shape index (κ3) is 7.14. The van der Waals surface area contributed by atoms with Crippen molar-refractivity contribution in [2.45, 2.75) is 0 Å². The van der Waals surface area contributed by atoms with Gasteiger partial charge in [0.2, 0.25) is 0 Å². The van der Waals surface area contributed by atoms with Crippen LogP contribution in [0.3, 0.4) is 0 Å². The molecule has 216 valence electrons. The molecule has 0 bridgehead atoms. The standard InChI is InChI=1S/C31H33N7O4/c32-31(33)35-14-16-42-18-17-41-15-13-34-26-20-30-28(19-27(26)36-21-5-9-23(39)10-6-21)37-25-3-1-2-4-29(25)38(30)22-7-11-24(40)12-8-22/h1-12,19-20,36,39-40H,13-18H2,(H4,32,33,35)/b34-26+. The summed E-state index contributed by atoms with van der Waals surface area (Å²) in [4.78, 5) is 9.81. The molecule has 42 heavy (non-hydrogen) atoms. The summed E-state index contributed by atoms with van der Waals surface area (Å²) in [5.74, 6) is 0.293. The lowest BCUT2D eigenvalue weighted by molar-refractivity contribution is 0.0528. The quantitative estimate of drug-likeness (QED) is 0.0437. The molecule has 5 rings (SSSR count). The molecule has 0 radical (unpaired) electrons. The Morgan fingerprint density at radius 1 is 0.881 bits per heavy atom. The summed E-state index contributed by atoms with van der Waals surface area (Å²) < 4.78 is 13.3. The van der Waals surface area contributed by atoms with Crippen LogP contribution in [0.2, 0.25) is 0 Å². The number of para-hydroxylation sites is 2. The lowest BCUT2D eigenvalue weighted by atomic mass is 10.1. The van der Waals surface area contributed by atoms with Crippen LogP contribution < -0.4 is 21.7 Å². The number of phenolic OH excluding ortho intramolecular Hbond substituents is 2. The minimum atomic E-state index is -0.0815. The molecule has 0 spiro atoms. The van der Waals surface area contributed by atoms with Crippen molar-refractivity contribution in [1.82, 2.24) is 14.9 Å². The summed E-state index contributed by atoms with van der Waals surface area (Å²) in [6.07, 6.45) is 0. The highest BCUT2D eigenvalue weighted by molar-refractivity contribution is 5.84. The first kappa shape index (κ1) is 28.4. The molecule has 0 fully saturated rings. The summed E-state index contributed by atoms with van der Waals surface area (Å²) >= 11 is 0. The Bertz CT molecular complexity index is 1690. The highest BCUT2D eigenvalue weighted by atomic mass is 16.5. The van der Waals surface area contributed by atoms with Gasteiger partial charge in [-0.25, -0.2) is 4.98 Å². The van der Waals surface area contributed by atoms with Crippen molar-refractivity contribution in [3.8, 4) is 28.6 Å². The number of ether oxygens (including phenoxy) is 2. The normalized spacial score (nSPS) is 11.7. The van der Waals surface area contributed by atoms with Crippen LogP contribution >= 0.6 is 0 Å². The Morgan fingerprint density at radius 2 is 1.57 bits per heavy atom. The number of benzene rings is 4. The number of guanidine groups is 1. The summed E-state index contributed by atoms with van der Waals surface area (Å²) in [5.41, 5.74) is 11.0. The van der Waals surface area contributed by atoms with Gasteiger partial charge in [-0.15, -0.1) is 0 Å².